The van der Waals surface area contributed by atoms with Gasteiger partial charge in [0.05, 0.1) is 18.3 Å². The number of aliphatic hydroxyl groups is 1. The molecular weight excluding hydrogens is 450 g/mol. The summed E-state index contributed by atoms with van der Waals surface area (Å²) >= 11 is 4.66. The zero-order valence-corrected chi connectivity index (χ0v) is 23.9. The van der Waals surface area contributed by atoms with Crippen molar-refractivity contribution in [1.82, 2.24) is 4.90 Å². The van der Waals surface area contributed by atoms with Crippen molar-refractivity contribution in [3.05, 3.63) is 96.2 Å². The SMILES string of the molecule is C=C/C=C(\C=C/C)C(O)CN(CC(CS)C(/C=C\C)=C/C)CC(OC(C)C)c1ccccc1.CC. The Morgan fingerprint density at radius 2 is 1.60 bits per heavy atom. The second kappa shape index (κ2) is 20.4. The fourth-order valence-corrected chi connectivity index (χ4v) is 4.20. The minimum absolute atomic E-state index is 0.0935. The Balaban J connectivity index is 0.00000562. The van der Waals surface area contributed by atoms with E-state index >= 15 is 0 Å². The Morgan fingerprint density at radius 1 is 1.00 bits per heavy atom. The minimum atomic E-state index is -0.633. The number of hydrogen-bond donors (Lipinski definition) is 2. The molecule has 0 spiro atoms. The number of benzene rings is 1. The van der Waals surface area contributed by atoms with Crippen molar-refractivity contribution >= 4 is 12.6 Å². The van der Waals surface area contributed by atoms with E-state index in [-0.39, 0.29) is 18.1 Å². The summed E-state index contributed by atoms with van der Waals surface area (Å²) in [5.74, 6) is 0.966. The van der Waals surface area contributed by atoms with Crippen LogP contribution in [0, 0.1) is 5.92 Å². The fourth-order valence-electron chi connectivity index (χ4n) is 3.88. The lowest BCUT2D eigenvalue weighted by molar-refractivity contribution is -0.0198. The molecule has 1 aromatic rings. The molecular formula is C31H49NO2S. The number of hydrogen-bond acceptors (Lipinski definition) is 4. The molecule has 0 bridgehead atoms. The van der Waals surface area contributed by atoms with Crippen LogP contribution >= 0.6 is 12.6 Å². The van der Waals surface area contributed by atoms with Gasteiger partial charge in [-0.3, -0.25) is 4.90 Å². The molecule has 3 atom stereocenters. The van der Waals surface area contributed by atoms with E-state index in [1.54, 1.807) is 6.08 Å². The zero-order valence-electron chi connectivity index (χ0n) is 23.0. The molecule has 1 aromatic carbocycles. The maximum atomic E-state index is 11.1. The van der Waals surface area contributed by atoms with Gasteiger partial charge in [0, 0.05) is 25.6 Å². The minimum Gasteiger partial charge on any atom is -0.387 e. The first-order valence-corrected chi connectivity index (χ1v) is 13.5. The number of rotatable bonds is 15. The van der Waals surface area contributed by atoms with E-state index in [4.69, 9.17) is 4.74 Å². The third-order valence-corrected chi connectivity index (χ3v) is 5.82. The average molecular weight is 500 g/mol. The normalized spacial score (nSPS) is 15.4. The summed E-state index contributed by atoms with van der Waals surface area (Å²) in [6, 6.07) is 10.3. The number of ether oxygens (including phenoxy) is 1. The van der Waals surface area contributed by atoms with Gasteiger partial charge in [0.1, 0.15) is 0 Å². The average Bonchev–Trinajstić information content (AvgIpc) is 2.86. The van der Waals surface area contributed by atoms with E-state index in [1.165, 1.54) is 5.57 Å². The molecule has 0 saturated carbocycles. The molecule has 0 aromatic heterocycles. The molecule has 0 fully saturated rings. The summed E-state index contributed by atoms with van der Waals surface area (Å²) < 4.78 is 6.34. The van der Waals surface area contributed by atoms with Crippen LogP contribution in [-0.2, 0) is 4.74 Å². The highest BCUT2D eigenvalue weighted by Crippen LogP contribution is 2.24. The highest BCUT2D eigenvalue weighted by molar-refractivity contribution is 7.80. The summed E-state index contributed by atoms with van der Waals surface area (Å²) in [6.07, 6.45) is 13.2. The summed E-state index contributed by atoms with van der Waals surface area (Å²) in [5, 5.41) is 11.1. The summed E-state index contributed by atoms with van der Waals surface area (Å²) in [7, 11) is 0. The third kappa shape index (κ3) is 13.1. The highest BCUT2D eigenvalue weighted by Gasteiger charge is 2.24. The van der Waals surface area contributed by atoms with Crippen molar-refractivity contribution in [2.75, 3.05) is 25.4 Å². The standard InChI is InChI=1S/C29H43NO2S.C2H6/c1-7-14-24(10-4)27(22-33)19-30(20-28(31)25(15-8-2)16-9-3)21-29(32-23(5)6)26-17-12-11-13-18-26;1-2/h7-18,23,27-29,31,33H,2,19-22H2,1,3-6H3;1-2H3/b14-7-,16-9-,24-10+,25-15+;. The number of nitrogens with zero attached hydrogens (tertiary/aromatic N) is 1. The fraction of sp³-hybridized carbons (Fsp3) is 0.484. The Bertz CT molecular complexity index is 795. The van der Waals surface area contributed by atoms with E-state index in [1.807, 2.05) is 64.1 Å². The lowest BCUT2D eigenvalue weighted by atomic mass is 9.98. The Kier molecular flexibility index (Phi) is 19.3. The van der Waals surface area contributed by atoms with Crippen molar-refractivity contribution in [2.24, 2.45) is 5.92 Å². The van der Waals surface area contributed by atoms with Crippen LogP contribution in [0.1, 0.15) is 60.1 Å². The van der Waals surface area contributed by atoms with Crippen LogP contribution in [0.3, 0.4) is 0 Å². The summed E-state index contributed by atoms with van der Waals surface area (Å²) in [5.41, 5.74) is 3.24. The van der Waals surface area contributed by atoms with Crippen molar-refractivity contribution in [2.45, 2.75) is 66.8 Å². The van der Waals surface area contributed by atoms with Gasteiger partial charge >= 0.3 is 0 Å². The van der Waals surface area contributed by atoms with Gasteiger partial charge < -0.3 is 9.84 Å². The van der Waals surface area contributed by atoms with E-state index < -0.39 is 6.10 Å². The van der Waals surface area contributed by atoms with Gasteiger partial charge in [-0.15, -0.1) is 0 Å². The largest absolute Gasteiger partial charge is 0.387 e. The van der Waals surface area contributed by atoms with Crippen molar-refractivity contribution in [3.63, 3.8) is 0 Å². The molecule has 3 unspecified atom stereocenters. The van der Waals surface area contributed by atoms with Crippen LogP contribution in [-0.4, -0.2) is 47.6 Å². The molecule has 0 saturated heterocycles. The first-order chi connectivity index (χ1) is 16.9. The Labute approximate surface area is 221 Å². The maximum Gasteiger partial charge on any atom is 0.0955 e. The second-order valence-electron chi connectivity index (χ2n) is 8.39. The van der Waals surface area contributed by atoms with Gasteiger partial charge in [-0.2, -0.15) is 12.6 Å². The molecule has 196 valence electrons. The van der Waals surface area contributed by atoms with Gasteiger partial charge in [-0.25, -0.2) is 0 Å². The Hall–Kier alpha value is -1.85. The quantitative estimate of drug-likeness (QED) is 0.192. The van der Waals surface area contributed by atoms with E-state index in [0.717, 1.165) is 23.4 Å². The molecule has 0 amide bonds. The molecule has 0 aliphatic rings. The predicted molar refractivity (Wildman–Crippen MR) is 158 cm³/mol. The van der Waals surface area contributed by atoms with Crippen LogP contribution in [0.4, 0.5) is 0 Å². The predicted octanol–water partition coefficient (Wildman–Crippen LogP) is 7.60. The van der Waals surface area contributed by atoms with Crippen LogP contribution < -0.4 is 0 Å². The van der Waals surface area contributed by atoms with Gasteiger partial charge in [-0.05, 0) is 57.1 Å². The van der Waals surface area contributed by atoms with E-state index in [0.29, 0.717) is 13.1 Å². The second-order valence-corrected chi connectivity index (χ2v) is 8.75. The van der Waals surface area contributed by atoms with Crippen molar-refractivity contribution in [1.29, 1.82) is 0 Å². The Morgan fingerprint density at radius 3 is 2.09 bits per heavy atom. The lowest BCUT2D eigenvalue weighted by Gasteiger charge is -2.33. The lowest BCUT2D eigenvalue weighted by Crippen LogP contribution is -2.40. The molecule has 1 N–H and O–H groups in total. The molecule has 1 rings (SSSR count). The summed E-state index contributed by atoms with van der Waals surface area (Å²) in [4.78, 5) is 2.30. The topological polar surface area (TPSA) is 32.7 Å². The molecule has 0 heterocycles. The van der Waals surface area contributed by atoms with Crippen molar-refractivity contribution in [3.8, 4) is 0 Å². The van der Waals surface area contributed by atoms with Gasteiger partial charge in [0.25, 0.3) is 0 Å². The van der Waals surface area contributed by atoms with Crippen LogP contribution in [0.15, 0.2) is 90.6 Å². The van der Waals surface area contributed by atoms with Gasteiger partial charge in [0.15, 0.2) is 0 Å². The van der Waals surface area contributed by atoms with Crippen molar-refractivity contribution < 1.29 is 9.84 Å². The van der Waals surface area contributed by atoms with Crippen LogP contribution in [0.25, 0.3) is 0 Å². The first-order valence-electron chi connectivity index (χ1n) is 12.9. The van der Waals surface area contributed by atoms with Gasteiger partial charge in [-0.1, -0.05) is 93.3 Å². The highest BCUT2D eigenvalue weighted by atomic mass is 32.1. The molecule has 4 heteroatoms. The first kappa shape index (κ1) is 33.1. The molecule has 35 heavy (non-hydrogen) atoms. The summed E-state index contributed by atoms with van der Waals surface area (Å²) in [6.45, 7) is 19.9. The van der Waals surface area contributed by atoms with Crippen LogP contribution in [0.5, 0.6) is 0 Å². The maximum absolute atomic E-state index is 11.1. The third-order valence-electron chi connectivity index (χ3n) is 5.38. The monoisotopic (exact) mass is 499 g/mol. The smallest absolute Gasteiger partial charge is 0.0955 e. The number of aliphatic hydroxyl groups excluding tert-OH is 1. The molecule has 3 nitrogen and oxygen atoms in total. The van der Waals surface area contributed by atoms with E-state index in [2.05, 4.69) is 75.2 Å². The zero-order chi connectivity index (χ0) is 26.6. The van der Waals surface area contributed by atoms with Crippen LogP contribution in [0.2, 0.25) is 0 Å². The molecule has 0 aliphatic heterocycles. The molecule has 0 aliphatic carbocycles. The van der Waals surface area contributed by atoms with E-state index in [9.17, 15) is 5.11 Å². The number of allylic oxidation sites excluding steroid dienone is 6. The van der Waals surface area contributed by atoms with Gasteiger partial charge in [0.2, 0.25) is 0 Å². The molecule has 0 radical (unpaired) electrons. The number of thiol groups is 1.